The number of amides is 1. The Morgan fingerprint density at radius 1 is 1.04 bits per heavy atom. The fraction of sp³-hybridized carbons (Fsp3) is 0.235. The lowest BCUT2D eigenvalue weighted by molar-refractivity contribution is 0.102. The molecule has 0 saturated heterocycles. The van der Waals surface area contributed by atoms with E-state index in [1.165, 1.54) is 24.3 Å². The molecule has 0 radical (unpaired) electrons. The van der Waals surface area contributed by atoms with Gasteiger partial charge in [0.25, 0.3) is 5.91 Å². The van der Waals surface area contributed by atoms with Crippen LogP contribution in [0.25, 0.3) is 0 Å². The zero-order valence-corrected chi connectivity index (χ0v) is 16.6. The fourth-order valence-corrected chi connectivity index (χ4v) is 3.91. The lowest BCUT2D eigenvalue weighted by Gasteiger charge is -2.20. The average molecular weight is 419 g/mol. The zero-order chi connectivity index (χ0) is 19.7. The van der Waals surface area contributed by atoms with E-state index in [4.69, 9.17) is 23.2 Å². The number of carbonyl (C=O) groups is 1. The Hall–Kier alpha value is -1.67. The SMILES string of the molecule is CC(C)(C)NS(=O)(=O)c1cc(C(=O)Nc2ccc(Cl)c(Cl)c2)ccc1F. The minimum Gasteiger partial charge on any atom is -0.322 e. The molecule has 0 heterocycles. The van der Waals surface area contributed by atoms with E-state index in [-0.39, 0.29) is 10.6 Å². The van der Waals surface area contributed by atoms with Crippen LogP contribution < -0.4 is 10.0 Å². The molecule has 0 aliphatic rings. The van der Waals surface area contributed by atoms with Gasteiger partial charge in [-0.25, -0.2) is 17.5 Å². The van der Waals surface area contributed by atoms with Crippen LogP contribution in [-0.4, -0.2) is 19.9 Å². The summed E-state index contributed by atoms with van der Waals surface area (Å²) >= 11 is 11.7. The summed E-state index contributed by atoms with van der Waals surface area (Å²) in [5, 5.41) is 3.13. The van der Waals surface area contributed by atoms with Crippen LogP contribution in [0.1, 0.15) is 31.1 Å². The Kier molecular flexibility index (Phi) is 5.97. The molecule has 140 valence electrons. The Morgan fingerprint density at radius 3 is 2.27 bits per heavy atom. The number of halogens is 3. The normalized spacial score (nSPS) is 12.1. The summed E-state index contributed by atoms with van der Waals surface area (Å²) < 4.78 is 41.1. The summed E-state index contributed by atoms with van der Waals surface area (Å²) in [7, 11) is -4.13. The van der Waals surface area contributed by atoms with E-state index in [2.05, 4.69) is 10.0 Å². The predicted octanol–water partition coefficient (Wildman–Crippen LogP) is 4.46. The van der Waals surface area contributed by atoms with Gasteiger partial charge in [-0.05, 0) is 57.2 Å². The molecular weight excluding hydrogens is 402 g/mol. The van der Waals surface area contributed by atoms with Crippen molar-refractivity contribution in [3.8, 4) is 0 Å². The molecule has 0 aromatic heterocycles. The van der Waals surface area contributed by atoms with Crippen LogP contribution in [0.4, 0.5) is 10.1 Å². The van der Waals surface area contributed by atoms with Gasteiger partial charge in [-0.1, -0.05) is 23.2 Å². The first kappa shape index (κ1) is 20.6. The monoisotopic (exact) mass is 418 g/mol. The second kappa shape index (κ2) is 7.52. The number of hydrogen-bond acceptors (Lipinski definition) is 3. The highest BCUT2D eigenvalue weighted by Crippen LogP contribution is 2.25. The third-order valence-corrected chi connectivity index (χ3v) is 5.61. The minimum absolute atomic E-state index is 0.0215. The second-order valence-electron chi connectivity index (χ2n) is 6.58. The molecule has 26 heavy (non-hydrogen) atoms. The number of carbonyl (C=O) groups excluding carboxylic acids is 1. The molecule has 5 nitrogen and oxygen atoms in total. The van der Waals surface area contributed by atoms with Gasteiger partial charge in [0.15, 0.2) is 0 Å². The fourth-order valence-electron chi connectivity index (χ4n) is 2.09. The van der Waals surface area contributed by atoms with Gasteiger partial charge in [-0.3, -0.25) is 4.79 Å². The van der Waals surface area contributed by atoms with E-state index in [0.29, 0.717) is 10.7 Å². The van der Waals surface area contributed by atoms with Crippen molar-refractivity contribution in [3.05, 3.63) is 57.8 Å². The maximum absolute atomic E-state index is 14.0. The molecule has 0 aliphatic heterocycles. The van der Waals surface area contributed by atoms with Crippen molar-refractivity contribution in [2.45, 2.75) is 31.2 Å². The van der Waals surface area contributed by atoms with Crippen LogP contribution in [-0.2, 0) is 10.0 Å². The van der Waals surface area contributed by atoms with E-state index >= 15 is 0 Å². The van der Waals surface area contributed by atoms with Crippen molar-refractivity contribution < 1.29 is 17.6 Å². The first-order valence-corrected chi connectivity index (χ1v) is 9.73. The molecule has 2 aromatic rings. The predicted molar refractivity (Wildman–Crippen MR) is 101 cm³/mol. The molecule has 2 aromatic carbocycles. The molecule has 2 N–H and O–H groups in total. The van der Waals surface area contributed by atoms with Crippen LogP contribution in [0, 0.1) is 5.82 Å². The number of hydrogen-bond donors (Lipinski definition) is 2. The van der Waals surface area contributed by atoms with Gasteiger partial charge in [-0.2, -0.15) is 0 Å². The van der Waals surface area contributed by atoms with Gasteiger partial charge in [0.05, 0.1) is 10.0 Å². The van der Waals surface area contributed by atoms with Crippen molar-refractivity contribution in [1.29, 1.82) is 0 Å². The van der Waals surface area contributed by atoms with Crippen LogP contribution in [0.3, 0.4) is 0 Å². The summed E-state index contributed by atoms with van der Waals surface area (Å²) in [5.41, 5.74) is -0.457. The van der Waals surface area contributed by atoms with Gasteiger partial charge in [0, 0.05) is 16.8 Å². The first-order valence-electron chi connectivity index (χ1n) is 7.49. The molecule has 2 rings (SSSR count). The third kappa shape index (κ3) is 5.17. The van der Waals surface area contributed by atoms with Crippen LogP contribution in [0.2, 0.25) is 10.0 Å². The summed E-state index contributed by atoms with van der Waals surface area (Å²) in [4.78, 5) is 11.8. The molecule has 0 atom stereocenters. The molecule has 0 saturated carbocycles. The van der Waals surface area contributed by atoms with Gasteiger partial charge < -0.3 is 5.32 Å². The van der Waals surface area contributed by atoms with E-state index in [1.54, 1.807) is 20.8 Å². The molecule has 9 heteroatoms. The maximum Gasteiger partial charge on any atom is 0.255 e. The van der Waals surface area contributed by atoms with Crippen LogP contribution in [0.5, 0.6) is 0 Å². The number of sulfonamides is 1. The number of nitrogens with one attached hydrogen (secondary N) is 2. The van der Waals surface area contributed by atoms with Crippen molar-refractivity contribution in [1.82, 2.24) is 4.72 Å². The highest BCUT2D eigenvalue weighted by Gasteiger charge is 2.26. The topological polar surface area (TPSA) is 75.3 Å². The second-order valence-corrected chi connectivity index (χ2v) is 9.05. The smallest absolute Gasteiger partial charge is 0.255 e. The van der Waals surface area contributed by atoms with Gasteiger partial charge in [0.1, 0.15) is 10.7 Å². The van der Waals surface area contributed by atoms with Crippen LogP contribution >= 0.6 is 23.2 Å². The Morgan fingerprint density at radius 2 is 1.69 bits per heavy atom. The van der Waals surface area contributed by atoms with E-state index in [1.807, 2.05) is 0 Å². The maximum atomic E-state index is 14.0. The molecule has 0 spiro atoms. The number of rotatable bonds is 4. The summed E-state index contributed by atoms with van der Waals surface area (Å²) in [6.07, 6.45) is 0. The Balaban J connectivity index is 2.33. The Labute approximate surface area is 161 Å². The van der Waals surface area contributed by atoms with Crippen molar-refractivity contribution in [2.24, 2.45) is 0 Å². The third-order valence-electron chi connectivity index (χ3n) is 3.10. The van der Waals surface area contributed by atoms with E-state index in [0.717, 1.165) is 12.1 Å². The largest absolute Gasteiger partial charge is 0.322 e. The molecule has 0 aliphatic carbocycles. The van der Waals surface area contributed by atoms with Crippen LogP contribution in [0.15, 0.2) is 41.3 Å². The molecule has 0 unspecified atom stereocenters. The van der Waals surface area contributed by atoms with Gasteiger partial charge in [-0.15, -0.1) is 0 Å². The van der Waals surface area contributed by atoms with Crippen molar-refractivity contribution in [3.63, 3.8) is 0 Å². The zero-order valence-electron chi connectivity index (χ0n) is 14.2. The number of benzene rings is 2. The lowest BCUT2D eigenvalue weighted by Crippen LogP contribution is -2.40. The van der Waals surface area contributed by atoms with Gasteiger partial charge in [0.2, 0.25) is 10.0 Å². The Bertz CT molecular complexity index is 957. The summed E-state index contributed by atoms with van der Waals surface area (Å²) in [6.45, 7) is 4.88. The van der Waals surface area contributed by atoms with Crippen molar-refractivity contribution in [2.75, 3.05) is 5.32 Å². The van der Waals surface area contributed by atoms with E-state index in [9.17, 15) is 17.6 Å². The molecule has 0 bridgehead atoms. The summed E-state index contributed by atoms with van der Waals surface area (Å²) in [6, 6.07) is 7.60. The first-order chi connectivity index (χ1) is 11.9. The number of anilines is 1. The van der Waals surface area contributed by atoms with E-state index < -0.39 is 32.2 Å². The minimum atomic E-state index is -4.13. The lowest BCUT2D eigenvalue weighted by atomic mass is 10.1. The molecule has 0 fully saturated rings. The highest BCUT2D eigenvalue weighted by atomic mass is 35.5. The standard InChI is InChI=1S/C17H17Cl2FN2O3S/c1-17(2,3)22-26(24,25)15-8-10(4-7-14(15)20)16(23)21-11-5-6-12(18)13(19)9-11/h4-9,22H,1-3H3,(H,21,23). The highest BCUT2D eigenvalue weighted by molar-refractivity contribution is 7.89. The average Bonchev–Trinajstić information content (AvgIpc) is 2.48. The molecular formula is C17H17Cl2FN2O3S. The van der Waals surface area contributed by atoms with Crippen molar-refractivity contribution >= 4 is 44.8 Å². The summed E-state index contributed by atoms with van der Waals surface area (Å²) in [5.74, 6) is -1.57. The quantitative estimate of drug-likeness (QED) is 0.769. The molecule has 1 amide bonds. The van der Waals surface area contributed by atoms with Gasteiger partial charge >= 0.3 is 0 Å².